The molecular weight excluding hydrogens is 370 g/mol. The van der Waals surface area contributed by atoms with Crippen LogP contribution in [0.3, 0.4) is 0 Å². The highest BCUT2D eigenvalue weighted by atomic mass is 16.6. The second kappa shape index (κ2) is 8.68. The summed E-state index contributed by atoms with van der Waals surface area (Å²) in [6.45, 7) is 7.19. The van der Waals surface area contributed by atoms with Crippen LogP contribution in [-0.4, -0.2) is 28.6 Å². The third-order valence-electron chi connectivity index (χ3n) is 4.27. The number of hydrogen-bond acceptors (Lipinski definition) is 6. The lowest BCUT2D eigenvalue weighted by atomic mass is 10.1. The van der Waals surface area contributed by atoms with E-state index in [1.807, 2.05) is 51.1 Å². The molecule has 1 atom stereocenters. The van der Waals surface area contributed by atoms with E-state index in [0.29, 0.717) is 11.5 Å². The van der Waals surface area contributed by atoms with Gasteiger partial charge in [-0.3, -0.25) is 9.59 Å². The minimum absolute atomic E-state index is 0.189. The number of hydrogen-bond donors (Lipinski definition) is 1. The molecule has 1 heterocycles. The Bertz CT molecular complexity index is 1000. The van der Waals surface area contributed by atoms with Crippen LogP contribution < -0.4 is 5.32 Å². The first kappa shape index (κ1) is 20.3. The first-order valence-electron chi connectivity index (χ1n) is 9.28. The van der Waals surface area contributed by atoms with Crippen LogP contribution in [0.2, 0.25) is 0 Å². The van der Waals surface area contributed by atoms with Gasteiger partial charge in [-0.1, -0.05) is 34.9 Å². The van der Waals surface area contributed by atoms with Crippen LogP contribution in [0.5, 0.6) is 0 Å². The van der Waals surface area contributed by atoms with Gasteiger partial charge < -0.3 is 14.5 Å². The van der Waals surface area contributed by atoms with Crippen LogP contribution >= 0.6 is 0 Å². The summed E-state index contributed by atoms with van der Waals surface area (Å²) < 4.78 is 10.9. The maximum atomic E-state index is 12.2. The number of amides is 1. The molecule has 3 rings (SSSR count). The van der Waals surface area contributed by atoms with E-state index in [9.17, 15) is 9.59 Å². The van der Waals surface area contributed by atoms with Gasteiger partial charge in [0.25, 0.3) is 11.8 Å². The lowest BCUT2D eigenvalue weighted by Crippen LogP contribution is -2.31. The fraction of sp³-hybridized carbons (Fsp3) is 0.273. The lowest BCUT2D eigenvalue weighted by Gasteiger charge is -2.10. The van der Waals surface area contributed by atoms with Crippen LogP contribution in [0.4, 0.5) is 0 Å². The van der Waals surface area contributed by atoms with Crippen molar-refractivity contribution in [2.24, 2.45) is 0 Å². The zero-order valence-electron chi connectivity index (χ0n) is 16.9. The Kier molecular flexibility index (Phi) is 6.07. The van der Waals surface area contributed by atoms with Gasteiger partial charge >= 0.3 is 5.97 Å². The molecule has 7 heteroatoms. The van der Waals surface area contributed by atoms with E-state index in [-0.39, 0.29) is 18.3 Å². The SMILES string of the molecule is Cc1ccc(-c2nnc(C(C)OC(=O)CNC(=O)c3cc(C)cc(C)c3)o2)cc1. The molecule has 1 amide bonds. The third-order valence-corrected chi connectivity index (χ3v) is 4.27. The molecule has 29 heavy (non-hydrogen) atoms. The van der Waals surface area contributed by atoms with E-state index in [0.717, 1.165) is 22.3 Å². The summed E-state index contributed by atoms with van der Waals surface area (Å²) in [4.78, 5) is 24.3. The number of aromatic nitrogens is 2. The van der Waals surface area contributed by atoms with Crippen LogP contribution in [0.1, 0.15) is 46.0 Å². The van der Waals surface area contributed by atoms with Crippen molar-refractivity contribution in [2.45, 2.75) is 33.8 Å². The van der Waals surface area contributed by atoms with Crippen molar-refractivity contribution in [2.75, 3.05) is 6.54 Å². The van der Waals surface area contributed by atoms with Crippen molar-refractivity contribution in [1.29, 1.82) is 0 Å². The second-order valence-electron chi connectivity index (χ2n) is 7.00. The number of carbonyl (C=O) groups excluding carboxylic acids is 2. The van der Waals surface area contributed by atoms with Gasteiger partial charge in [-0.25, -0.2) is 0 Å². The maximum Gasteiger partial charge on any atom is 0.326 e. The monoisotopic (exact) mass is 393 g/mol. The van der Waals surface area contributed by atoms with Crippen LogP contribution in [0, 0.1) is 20.8 Å². The van der Waals surface area contributed by atoms with E-state index >= 15 is 0 Å². The summed E-state index contributed by atoms with van der Waals surface area (Å²) in [5.41, 5.74) is 4.37. The fourth-order valence-corrected chi connectivity index (χ4v) is 2.86. The first-order chi connectivity index (χ1) is 13.8. The first-order valence-corrected chi connectivity index (χ1v) is 9.28. The highest BCUT2D eigenvalue weighted by Gasteiger charge is 2.19. The number of nitrogens with zero attached hydrogens (tertiary/aromatic N) is 2. The summed E-state index contributed by atoms with van der Waals surface area (Å²) in [6, 6.07) is 13.2. The van der Waals surface area contributed by atoms with Crippen molar-refractivity contribution in [3.63, 3.8) is 0 Å². The molecule has 2 aromatic carbocycles. The molecule has 1 N–H and O–H groups in total. The molecule has 1 unspecified atom stereocenters. The lowest BCUT2D eigenvalue weighted by molar-refractivity contribution is -0.148. The topological polar surface area (TPSA) is 94.3 Å². The molecular formula is C22H23N3O4. The number of benzene rings is 2. The molecule has 0 spiro atoms. The quantitative estimate of drug-likeness (QED) is 0.642. The highest BCUT2D eigenvalue weighted by Crippen LogP contribution is 2.22. The summed E-state index contributed by atoms with van der Waals surface area (Å²) in [5, 5.41) is 10.5. The Morgan fingerprint density at radius 2 is 1.66 bits per heavy atom. The molecule has 0 fully saturated rings. The Hall–Kier alpha value is -3.48. The molecule has 0 saturated carbocycles. The predicted molar refractivity (Wildman–Crippen MR) is 107 cm³/mol. The van der Waals surface area contributed by atoms with Crippen LogP contribution in [0.15, 0.2) is 46.9 Å². The standard InChI is InChI=1S/C22H23N3O4/c1-13-5-7-17(8-6-13)22-25-24-21(29-22)16(4)28-19(26)12-23-20(27)18-10-14(2)9-15(3)11-18/h5-11,16H,12H2,1-4H3,(H,23,27). The molecule has 0 aliphatic heterocycles. The van der Waals surface area contributed by atoms with E-state index in [4.69, 9.17) is 9.15 Å². The number of nitrogens with one attached hydrogen (secondary N) is 1. The second-order valence-corrected chi connectivity index (χ2v) is 7.00. The zero-order chi connectivity index (χ0) is 21.0. The van der Waals surface area contributed by atoms with Crippen molar-refractivity contribution >= 4 is 11.9 Å². The average Bonchev–Trinajstić information content (AvgIpc) is 3.16. The zero-order valence-corrected chi connectivity index (χ0v) is 16.9. The Morgan fingerprint density at radius 1 is 1.00 bits per heavy atom. The average molecular weight is 393 g/mol. The van der Waals surface area contributed by atoms with Gasteiger partial charge in [0.15, 0.2) is 6.10 Å². The predicted octanol–water partition coefficient (Wildman–Crippen LogP) is 3.70. The maximum absolute atomic E-state index is 12.2. The van der Waals surface area contributed by atoms with Crippen LogP contribution in [0.25, 0.3) is 11.5 Å². The van der Waals surface area contributed by atoms with Gasteiger partial charge in [0, 0.05) is 11.1 Å². The largest absolute Gasteiger partial charge is 0.451 e. The summed E-state index contributed by atoms with van der Waals surface area (Å²) in [5.74, 6) is -0.383. The van der Waals surface area contributed by atoms with Gasteiger partial charge in [-0.2, -0.15) is 0 Å². The van der Waals surface area contributed by atoms with Crippen LogP contribution in [-0.2, 0) is 9.53 Å². The Morgan fingerprint density at radius 3 is 2.31 bits per heavy atom. The highest BCUT2D eigenvalue weighted by molar-refractivity contribution is 5.96. The summed E-state index contributed by atoms with van der Waals surface area (Å²) in [7, 11) is 0. The number of aryl methyl sites for hydroxylation is 3. The van der Waals surface area contributed by atoms with Gasteiger partial charge in [-0.05, 0) is 52.0 Å². The summed E-state index contributed by atoms with van der Waals surface area (Å²) >= 11 is 0. The van der Waals surface area contributed by atoms with Crippen molar-refractivity contribution in [1.82, 2.24) is 15.5 Å². The minimum atomic E-state index is -0.729. The molecule has 0 aliphatic carbocycles. The van der Waals surface area contributed by atoms with E-state index in [2.05, 4.69) is 15.5 Å². The molecule has 1 aromatic heterocycles. The molecule has 0 saturated heterocycles. The van der Waals surface area contributed by atoms with E-state index < -0.39 is 12.1 Å². The van der Waals surface area contributed by atoms with E-state index in [1.165, 1.54) is 0 Å². The molecule has 7 nitrogen and oxygen atoms in total. The molecule has 3 aromatic rings. The van der Waals surface area contributed by atoms with Gasteiger partial charge in [0.05, 0.1) is 0 Å². The normalized spacial score (nSPS) is 11.7. The van der Waals surface area contributed by atoms with Crippen molar-refractivity contribution < 1.29 is 18.7 Å². The Balaban J connectivity index is 1.55. The number of carbonyl (C=O) groups is 2. The Labute approximate surface area is 169 Å². The number of rotatable bonds is 6. The van der Waals surface area contributed by atoms with Crippen molar-refractivity contribution in [3.8, 4) is 11.5 Å². The fourth-order valence-electron chi connectivity index (χ4n) is 2.86. The molecule has 0 bridgehead atoms. The van der Waals surface area contributed by atoms with Gasteiger partial charge in [0.2, 0.25) is 5.89 Å². The molecule has 150 valence electrons. The third kappa shape index (κ3) is 5.28. The molecule has 0 radical (unpaired) electrons. The number of esters is 1. The summed E-state index contributed by atoms with van der Waals surface area (Å²) in [6.07, 6.45) is -0.729. The number of ether oxygens (including phenoxy) is 1. The minimum Gasteiger partial charge on any atom is -0.451 e. The molecule has 0 aliphatic rings. The van der Waals surface area contributed by atoms with E-state index in [1.54, 1.807) is 19.1 Å². The van der Waals surface area contributed by atoms with Gasteiger partial charge in [-0.15, -0.1) is 10.2 Å². The van der Waals surface area contributed by atoms with Crippen molar-refractivity contribution in [3.05, 3.63) is 70.6 Å². The smallest absolute Gasteiger partial charge is 0.326 e. The van der Waals surface area contributed by atoms with Gasteiger partial charge in [0.1, 0.15) is 6.54 Å².